The van der Waals surface area contributed by atoms with E-state index in [4.69, 9.17) is 0 Å². The van der Waals surface area contributed by atoms with Crippen molar-refractivity contribution in [2.24, 2.45) is 0 Å². The fraction of sp³-hybridized carbons (Fsp3) is 0.421. The molecule has 2 heterocycles. The van der Waals surface area contributed by atoms with Crippen molar-refractivity contribution in [1.29, 1.82) is 0 Å². The Bertz CT molecular complexity index is 721. The van der Waals surface area contributed by atoms with Crippen molar-refractivity contribution in [2.45, 2.75) is 31.7 Å². The van der Waals surface area contributed by atoms with Gasteiger partial charge in [0.2, 0.25) is 5.91 Å². The molecule has 0 N–H and O–H groups in total. The number of aromatic nitrogens is 1. The van der Waals surface area contributed by atoms with Crippen LogP contribution in [0.3, 0.4) is 0 Å². The summed E-state index contributed by atoms with van der Waals surface area (Å²) in [5, 5.41) is 0. The standard InChI is InChI=1S/C19H24N3O3/c1-25-22(24)17-9-13-20(15-17)14-10-18(16-7-3-2-4-8-16)19(23)21-11-5-6-12-21/h2-4,7-9,13,15,18H,5-6,10-12,14H2,1H3/q+1. The van der Waals surface area contributed by atoms with Crippen molar-refractivity contribution < 1.29 is 14.6 Å². The largest absolute Gasteiger partial charge is 0.348 e. The molecule has 1 amide bonds. The summed E-state index contributed by atoms with van der Waals surface area (Å²) in [7, 11) is 1.34. The number of benzene rings is 1. The van der Waals surface area contributed by atoms with Crippen LogP contribution >= 0.6 is 0 Å². The number of aryl methyl sites for hydroxylation is 1. The van der Waals surface area contributed by atoms with E-state index in [1.165, 1.54) is 7.11 Å². The third-order valence-corrected chi connectivity index (χ3v) is 4.71. The number of hydrogen-bond acceptors (Lipinski definition) is 3. The first-order valence-electron chi connectivity index (χ1n) is 8.70. The summed E-state index contributed by atoms with van der Waals surface area (Å²) in [6.07, 6.45) is 6.44. The van der Waals surface area contributed by atoms with E-state index in [1.807, 2.05) is 46.0 Å². The molecule has 25 heavy (non-hydrogen) atoms. The smallest absolute Gasteiger partial charge is 0.334 e. The zero-order valence-corrected chi connectivity index (χ0v) is 14.5. The highest BCUT2D eigenvalue weighted by Crippen LogP contribution is 2.25. The van der Waals surface area contributed by atoms with Crippen molar-refractivity contribution in [3.05, 3.63) is 59.3 Å². The van der Waals surface area contributed by atoms with Crippen molar-refractivity contribution >= 4 is 11.6 Å². The first-order chi connectivity index (χ1) is 12.2. The Hall–Kier alpha value is -2.63. The number of carbonyl (C=O) groups is 1. The fourth-order valence-corrected chi connectivity index (χ4v) is 3.33. The van der Waals surface area contributed by atoms with E-state index in [9.17, 15) is 9.70 Å². The van der Waals surface area contributed by atoms with E-state index in [2.05, 4.69) is 4.84 Å². The topological polar surface area (TPSA) is 54.6 Å². The number of likely N-dealkylation sites (tertiary alicyclic amines) is 1. The molecule has 1 unspecified atom stereocenters. The van der Waals surface area contributed by atoms with E-state index in [1.54, 1.807) is 12.3 Å². The molecule has 1 atom stereocenters. The summed E-state index contributed by atoms with van der Waals surface area (Å²) >= 11 is 0. The second-order valence-corrected chi connectivity index (χ2v) is 6.33. The lowest BCUT2D eigenvalue weighted by atomic mass is 9.94. The van der Waals surface area contributed by atoms with E-state index < -0.39 is 0 Å². The van der Waals surface area contributed by atoms with Gasteiger partial charge in [-0.05, 0) is 24.8 Å². The SMILES string of the molecule is CO[N+](=O)c1ccn(CCC(C(=O)N2CCCC2)c2ccccc2)c1. The predicted molar refractivity (Wildman–Crippen MR) is 94.3 cm³/mol. The Morgan fingerprint density at radius 2 is 1.92 bits per heavy atom. The Morgan fingerprint density at radius 3 is 2.60 bits per heavy atom. The van der Waals surface area contributed by atoms with Gasteiger partial charge in [-0.1, -0.05) is 30.3 Å². The number of rotatable bonds is 7. The van der Waals surface area contributed by atoms with Crippen LogP contribution in [0.25, 0.3) is 0 Å². The van der Waals surface area contributed by atoms with Crippen molar-refractivity contribution in [3.8, 4) is 0 Å². The minimum absolute atomic E-state index is 0.157. The molecule has 6 heteroatoms. The normalized spacial score (nSPS) is 15.2. The quantitative estimate of drug-likeness (QED) is 0.726. The lowest BCUT2D eigenvalue weighted by Gasteiger charge is -2.23. The average Bonchev–Trinajstić information content (AvgIpc) is 3.34. The number of amides is 1. The molecule has 1 aliphatic rings. The van der Waals surface area contributed by atoms with Crippen LogP contribution in [-0.2, 0) is 16.2 Å². The molecule has 1 aromatic carbocycles. The molecule has 0 radical (unpaired) electrons. The summed E-state index contributed by atoms with van der Waals surface area (Å²) < 4.78 is 1.92. The highest BCUT2D eigenvalue weighted by Gasteiger charge is 2.27. The molecule has 132 valence electrons. The maximum Gasteiger partial charge on any atom is 0.334 e. The second-order valence-electron chi connectivity index (χ2n) is 6.33. The molecular weight excluding hydrogens is 318 g/mol. The monoisotopic (exact) mass is 342 g/mol. The first kappa shape index (κ1) is 17.2. The molecule has 0 spiro atoms. The number of carbonyl (C=O) groups excluding carboxylic acids is 1. The summed E-state index contributed by atoms with van der Waals surface area (Å²) in [6.45, 7) is 2.38. The predicted octanol–water partition coefficient (Wildman–Crippen LogP) is 3.26. The van der Waals surface area contributed by atoms with Gasteiger partial charge >= 0.3 is 5.69 Å². The Morgan fingerprint density at radius 1 is 1.20 bits per heavy atom. The molecule has 1 aromatic heterocycles. The van der Waals surface area contributed by atoms with Gasteiger partial charge in [-0.3, -0.25) is 4.79 Å². The Balaban J connectivity index is 1.72. The lowest BCUT2D eigenvalue weighted by molar-refractivity contribution is -0.736. The fourth-order valence-electron chi connectivity index (χ4n) is 3.33. The van der Waals surface area contributed by atoms with Crippen LogP contribution in [0, 0.1) is 4.91 Å². The van der Waals surface area contributed by atoms with Gasteiger partial charge in [0.1, 0.15) is 0 Å². The van der Waals surface area contributed by atoms with E-state index >= 15 is 0 Å². The van der Waals surface area contributed by atoms with Gasteiger partial charge in [0.15, 0.2) is 7.11 Å². The highest BCUT2D eigenvalue weighted by molar-refractivity contribution is 5.84. The maximum absolute atomic E-state index is 13.0. The Kier molecular flexibility index (Phi) is 5.48. The molecule has 3 rings (SSSR count). The first-order valence-corrected chi connectivity index (χ1v) is 8.70. The third-order valence-electron chi connectivity index (χ3n) is 4.71. The average molecular weight is 342 g/mol. The van der Waals surface area contributed by atoms with Gasteiger partial charge in [0.05, 0.1) is 17.0 Å². The van der Waals surface area contributed by atoms with Gasteiger partial charge < -0.3 is 9.47 Å². The molecule has 2 aromatic rings. The van der Waals surface area contributed by atoms with Crippen LogP contribution in [0.2, 0.25) is 0 Å². The van der Waals surface area contributed by atoms with E-state index in [0.29, 0.717) is 23.6 Å². The van der Waals surface area contributed by atoms with Crippen LogP contribution < -0.4 is 0 Å². The highest BCUT2D eigenvalue weighted by atomic mass is 16.8. The minimum atomic E-state index is -0.157. The number of hydrogen-bond donors (Lipinski definition) is 0. The van der Waals surface area contributed by atoms with Gasteiger partial charge in [-0.15, -0.1) is 0 Å². The van der Waals surface area contributed by atoms with Crippen LogP contribution in [0.15, 0.2) is 48.8 Å². The molecule has 0 saturated carbocycles. The van der Waals surface area contributed by atoms with Gasteiger partial charge in [0, 0.05) is 31.9 Å². The zero-order chi connectivity index (χ0) is 17.6. The van der Waals surface area contributed by atoms with Crippen LogP contribution in [0.5, 0.6) is 0 Å². The summed E-state index contributed by atoms with van der Waals surface area (Å²) in [4.78, 5) is 31.6. The van der Waals surface area contributed by atoms with Gasteiger partial charge in [-0.25, -0.2) is 4.84 Å². The summed E-state index contributed by atoms with van der Waals surface area (Å²) in [5.74, 6) is 0.0503. The van der Waals surface area contributed by atoms with E-state index in [0.717, 1.165) is 31.5 Å². The maximum atomic E-state index is 13.0. The van der Waals surface area contributed by atoms with Crippen molar-refractivity contribution in [1.82, 2.24) is 9.47 Å². The van der Waals surface area contributed by atoms with Crippen LogP contribution in [0.4, 0.5) is 5.69 Å². The van der Waals surface area contributed by atoms with E-state index in [-0.39, 0.29) is 11.8 Å². The van der Waals surface area contributed by atoms with Crippen molar-refractivity contribution in [2.75, 3.05) is 20.2 Å². The second kappa shape index (κ2) is 7.96. The minimum Gasteiger partial charge on any atom is -0.348 e. The molecular formula is C19H24N3O3+. The van der Waals surface area contributed by atoms with Crippen LogP contribution in [0.1, 0.15) is 30.7 Å². The third kappa shape index (κ3) is 4.07. The molecule has 0 aliphatic carbocycles. The Labute approximate surface area is 147 Å². The molecule has 1 saturated heterocycles. The zero-order valence-electron chi connectivity index (χ0n) is 14.5. The van der Waals surface area contributed by atoms with Crippen LogP contribution in [-0.4, -0.2) is 40.5 Å². The number of nitrogens with zero attached hydrogens (tertiary/aromatic N) is 3. The molecule has 0 bridgehead atoms. The summed E-state index contributed by atoms with van der Waals surface area (Å²) in [6, 6.07) is 11.7. The van der Waals surface area contributed by atoms with Crippen molar-refractivity contribution in [3.63, 3.8) is 0 Å². The summed E-state index contributed by atoms with van der Waals surface area (Å²) in [5.41, 5.74) is 1.50. The van der Waals surface area contributed by atoms with Gasteiger partial charge in [0.25, 0.3) is 4.92 Å². The molecule has 6 nitrogen and oxygen atoms in total. The van der Waals surface area contributed by atoms with Gasteiger partial charge in [-0.2, -0.15) is 0 Å². The lowest BCUT2D eigenvalue weighted by Crippen LogP contribution is -2.33. The molecule has 1 aliphatic heterocycles. The molecule has 1 fully saturated rings.